The maximum absolute atomic E-state index is 12.9. The number of rotatable bonds is 3. The van der Waals surface area contributed by atoms with E-state index in [4.69, 9.17) is 0 Å². The fourth-order valence-corrected chi connectivity index (χ4v) is 2.66. The largest absolute Gasteiger partial charge is 0.349 e. The van der Waals surface area contributed by atoms with Crippen LogP contribution in [0, 0.1) is 5.82 Å². The Morgan fingerprint density at radius 3 is 2.65 bits per heavy atom. The van der Waals surface area contributed by atoms with Gasteiger partial charge in [-0.05, 0) is 23.8 Å². The highest BCUT2D eigenvalue weighted by atomic mass is 19.1. The molecule has 4 rings (SSSR count). The second-order valence-corrected chi connectivity index (χ2v) is 5.36. The van der Waals surface area contributed by atoms with Crippen molar-refractivity contribution in [3.05, 3.63) is 59.9 Å². The molecule has 5 nitrogen and oxygen atoms in total. The molecule has 0 amide bonds. The second kappa shape index (κ2) is 5.31. The predicted octanol–water partition coefficient (Wildman–Crippen LogP) is 3.27. The van der Waals surface area contributed by atoms with Gasteiger partial charge in [-0.1, -0.05) is 30.3 Å². The van der Waals surface area contributed by atoms with Gasteiger partial charge in [0.05, 0.1) is 5.52 Å². The number of hydrogen-bond acceptors (Lipinski definition) is 4. The summed E-state index contributed by atoms with van der Waals surface area (Å²) >= 11 is 0. The maximum atomic E-state index is 12.9. The van der Waals surface area contributed by atoms with E-state index in [0.29, 0.717) is 12.5 Å². The molecule has 0 aliphatic heterocycles. The Labute approximate surface area is 131 Å². The Morgan fingerprint density at radius 2 is 1.83 bits per heavy atom. The van der Waals surface area contributed by atoms with E-state index in [1.54, 1.807) is 12.1 Å². The molecule has 23 heavy (non-hydrogen) atoms. The first-order chi connectivity index (χ1) is 11.2. The lowest BCUT2D eigenvalue weighted by Gasteiger charge is -2.04. The third kappa shape index (κ3) is 2.38. The Bertz CT molecular complexity index is 991. The smallest absolute Gasteiger partial charge is 0.245 e. The van der Waals surface area contributed by atoms with Gasteiger partial charge in [0.25, 0.3) is 0 Å². The van der Waals surface area contributed by atoms with Crippen LogP contribution in [0.1, 0.15) is 5.56 Å². The van der Waals surface area contributed by atoms with Crippen LogP contribution in [-0.2, 0) is 13.6 Å². The third-order valence-corrected chi connectivity index (χ3v) is 3.87. The fraction of sp³-hybridized carbons (Fsp3) is 0.118. The molecule has 2 aromatic carbocycles. The van der Waals surface area contributed by atoms with Crippen LogP contribution in [0.15, 0.2) is 48.5 Å². The first-order valence-corrected chi connectivity index (χ1v) is 7.28. The number of nitrogens with zero attached hydrogens (tertiary/aromatic N) is 4. The number of hydrogen-bond donors (Lipinski definition) is 1. The molecule has 0 saturated heterocycles. The number of fused-ring (bicyclic) bond motifs is 3. The summed E-state index contributed by atoms with van der Waals surface area (Å²) in [6.07, 6.45) is 0. The molecule has 0 aliphatic rings. The molecule has 6 heteroatoms. The summed E-state index contributed by atoms with van der Waals surface area (Å²) in [5.41, 5.74) is 3.59. The molecule has 2 heterocycles. The van der Waals surface area contributed by atoms with Gasteiger partial charge < -0.3 is 9.88 Å². The molecule has 0 saturated carbocycles. The normalized spacial score (nSPS) is 11.2. The highest BCUT2D eigenvalue weighted by Gasteiger charge is 2.11. The van der Waals surface area contributed by atoms with Crippen molar-refractivity contribution in [1.82, 2.24) is 19.7 Å². The van der Waals surface area contributed by atoms with Crippen molar-refractivity contribution in [2.24, 2.45) is 7.05 Å². The number of halogens is 1. The molecule has 2 aromatic heterocycles. The van der Waals surface area contributed by atoms with Crippen molar-refractivity contribution in [1.29, 1.82) is 0 Å². The van der Waals surface area contributed by atoms with Crippen molar-refractivity contribution >= 4 is 28.0 Å². The molecular weight excluding hydrogens is 293 g/mol. The van der Waals surface area contributed by atoms with Crippen molar-refractivity contribution < 1.29 is 4.39 Å². The third-order valence-electron chi connectivity index (χ3n) is 3.87. The molecule has 1 N–H and O–H groups in total. The zero-order chi connectivity index (χ0) is 15.8. The van der Waals surface area contributed by atoms with Gasteiger partial charge in [0.2, 0.25) is 5.95 Å². The van der Waals surface area contributed by atoms with Crippen molar-refractivity contribution in [3.8, 4) is 0 Å². The Morgan fingerprint density at radius 1 is 1.04 bits per heavy atom. The van der Waals surface area contributed by atoms with Gasteiger partial charge in [0.15, 0.2) is 5.65 Å². The first kappa shape index (κ1) is 13.6. The van der Waals surface area contributed by atoms with Crippen molar-refractivity contribution in [2.45, 2.75) is 6.54 Å². The van der Waals surface area contributed by atoms with Gasteiger partial charge in [-0.3, -0.25) is 0 Å². The maximum Gasteiger partial charge on any atom is 0.245 e. The molecule has 0 fully saturated rings. The van der Waals surface area contributed by atoms with Gasteiger partial charge in [0.1, 0.15) is 11.3 Å². The fourth-order valence-electron chi connectivity index (χ4n) is 2.66. The lowest BCUT2D eigenvalue weighted by molar-refractivity contribution is 0.627. The van der Waals surface area contributed by atoms with Crippen molar-refractivity contribution in [3.63, 3.8) is 0 Å². The minimum atomic E-state index is -0.247. The molecule has 0 atom stereocenters. The minimum Gasteiger partial charge on any atom is -0.349 e. The molecule has 0 radical (unpaired) electrons. The van der Waals surface area contributed by atoms with E-state index in [1.807, 2.05) is 35.9 Å². The number of benzene rings is 2. The van der Waals surface area contributed by atoms with Gasteiger partial charge in [-0.2, -0.15) is 4.98 Å². The van der Waals surface area contributed by atoms with Crippen LogP contribution in [0.4, 0.5) is 10.3 Å². The Hall–Kier alpha value is -3.02. The molecule has 0 unspecified atom stereocenters. The van der Waals surface area contributed by atoms with Crippen molar-refractivity contribution in [2.75, 3.05) is 5.32 Å². The van der Waals surface area contributed by atoms with Crippen LogP contribution in [0.25, 0.3) is 22.1 Å². The quantitative estimate of drug-likeness (QED) is 0.631. The van der Waals surface area contributed by atoms with E-state index >= 15 is 0 Å². The van der Waals surface area contributed by atoms with E-state index in [2.05, 4.69) is 20.5 Å². The minimum absolute atomic E-state index is 0.247. The summed E-state index contributed by atoms with van der Waals surface area (Å²) in [5, 5.41) is 12.6. The van der Waals surface area contributed by atoms with E-state index in [1.165, 1.54) is 12.1 Å². The van der Waals surface area contributed by atoms with Gasteiger partial charge in [-0.15, -0.1) is 10.2 Å². The number of anilines is 1. The van der Waals surface area contributed by atoms with Gasteiger partial charge in [0, 0.05) is 19.0 Å². The van der Waals surface area contributed by atoms with Crippen LogP contribution in [0.2, 0.25) is 0 Å². The summed E-state index contributed by atoms with van der Waals surface area (Å²) in [5.74, 6) is 0.205. The number of nitrogens with one attached hydrogen (secondary N) is 1. The number of para-hydroxylation sites is 1. The number of aromatic nitrogens is 4. The summed E-state index contributed by atoms with van der Waals surface area (Å²) in [4.78, 5) is 4.55. The Balaban J connectivity index is 1.67. The van der Waals surface area contributed by atoms with Gasteiger partial charge in [-0.25, -0.2) is 4.39 Å². The van der Waals surface area contributed by atoms with E-state index in [0.717, 1.165) is 27.6 Å². The molecule has 4 aromatic rings. The van der Waals surface area contributed by atoms with E-state index < -0.39 is 0 Å². The van der Waals surface area contributed by atoms with Crippen LogP contribution >= 0.6 is 0 Å². The lowest BCUT2D eigenvalue weighted by Crippen LogP contribution is -2.05. The highest BCUT2D eigenvalue weighted by Crippen LogP contribution is 2.24. The zero-order valence-corrected chi connectivity index (χ0v) is 12.5. The lowest BCUT2D eigenvalue weighted by atomic mass is 10.2. The van der Waals surface area contributed by atoms with Gasteiger partial charge >= 0.3 is 0 Å². The SMILES string of the molecule is Cn1c2ccccc2c2nnc(NCc3ccc(F)cc3)nc21. The van der Waals surface area contributed by atoms with E-state index in [9.17, 15) is 4.39 Å². The number of aryl methyl sites for hydroxylation is 1. The highest BCUT2D eigenvalue weighted by molar-refractivity contribution is 6.04. The summed E-state index contributed by atoms with van der Waals surface area (Å²) in [6, 6.07) is 14.3. The zero-order valence-electron chi connectivity index (χ0n) is 12.5. The molecule has 0 bridgehead atoms. The average Bonchev–Trinajstić information content (AvgIpc) is 2.87. The Kier molecular flexibility index (Phi) is 3.15. The summed E-state index contributed by atoms with van der Waals surface area (Å²) in [7, 11) is 1.96. The topological polar surface area (TPSA) is 55.6 Å². The predicted molar refractivity (Wildman–Crippen MR) is 87.5 cm³/mol. The van der Waals surface area contributed by atoms with E-state index in [-0.39, 0.29) is 5.82 Å². The van der Waals surface area contributed by atoms with Crippen LogP contribution < -0.4 is 5.32 Å². The summed E-state index contributed by atoms with van der Waals surface area (Å²) in [6.45, 7) is 0.511. The standard InChI is InChI=1S/C17H14FN5/c1-23-14-5-3-2-4-13(14)15-16(23)20-17(22-21-15)19-10-11-6-8-12(18)9-7-11/h2-9H,10H2,1H3,(H,19,20,22). The molecule has 0 aliphatic carbocycles. The molecular formula is C17H14FN5. The van der Waals surface area contributed by atoms with Crippen LogP contribution in [0.5, 0.6) is 0 Å². The first-order valence-electron chi connectivity index (χ1n) is 7.28. The molecule has 0 spiro atoms. The molecule has 114 valence electrons. The summed E-state index contributed by atoms with van der Waals surface area (Å²) < 4.78 is 14.9. The van der Waals surface area contributed by atoms with Crippen LogP contribution in [0.3, 0.4) is 0 Å². The average molecular weight is 307 g/mol. The monoisotopic (exact) mass is 307 g/mol. The van der Waals surface area contributed by atoms with Crippen LogP contribution in [-0.4, -0.2) is 19.7 Å². The second-order valence-electron chi connectivity index (χ2n) is 5.36.